The Morgan fingerprint density at radius 3 is 2.41 bits per heavy atom. The van der Waals surface area contributed by atoms with Crippen molar-refractivity contribution in [1.29, 1.82) is 0 Å². The molecule has 6 nitrogen and oxygen atoms in total. The maximum atomic E-state index is 11.9. The molecule has 1 atom stereocenters. The third-order valence-corrected chi connectivity index (χ3v) is 9.41. The number of thiazole rings is 1. The average molecular weight is 465 g/mol. The Hall–Kier alpha value is -2.55. The van der Waals surface area contributed by atoms with Crippen molar-refractivity contribution in [3.8, 4) is 10.6 Å². The fraction of sp³-hybridized carbons (Fsp3) is 0.333. The predicted octanol–water partition coefficient (Wildman–Crippen LogP) is 3.82. The third kappa shape index (κ3) is 3.66. The minimum Gasteiger partial charge on any atom is -0.354 e. The van der Waals surface area contributed by atoms with Crippen LogP contribution in [0.2, 0.25) is 0 Å². The van der Waals surface area contributed by atoms with E-state index in [2.05, 4.69) is 52.3 Å². The first kappa shape index (κ1) is 20.1. The lowest BCUT2D eigenvalue weighted by molar-refractivity contribution is 0.200. The number of nitrogens with zero attached hydrogens (tertiary/aromatic N) is 4. The van der Waals surface area contributed by atoms with Crippen LogP contribution in [0.1, 0.15) is 6.42 Å². The molecular weight excluding hydrogens is 440 g/mol. The fourth-order valence-corrected chi connectivity index (χ4v) is 7.62. The quantitative estimate of drug-likeness (QED) is 0.459. The number of hydrogen-bond donors (Lipinski definition) is 0. The van der Waals surface area contributed by atoms with Crippen molar-refractivity contribution in [3.05, 3.63) is 54.6 Å². The molecule has 2 fully saturated rings. The molecule has 0 bridgehead atoms. The van der Waals surface area contributed by atoms with Gasteiger partial charge in [0.2, 0.25) is 0 Å². The lowest BCUT2D eigenvalue weighted by atomic mass is 10.1. The summed E-state index contributed by atoms with van der Waals surface area (Å²) in [6.45, 7) is 3.43. The lowest BCUT2D eigenvalue weighted by Crippen LogP contribution is -2.51. The van der Waals surface area contributed by atoms with E-state index in [1.54, 1.807) is 11.3 Å². The zero-order valence-corrected chi connectivity index (χ0v) is 19.3. The third-order valence-electron chi connectivity index (χ3n) is 6.59. The summed E-state index contributed by atoms with van der Waals surface area (Å²) in [5, 5.41) is 2.13. The molecule has 0 aliphatic carbocycles. The van der Waals surface area contributed by atoms with E-state index in [-0.39, 0.29) is 6.04 Å². The van der Waals surface area contributed by atoms with Crippen molar-refractivity contribution >= 4 is 48.1 Å². The first-order valence-corrected chi connectivity index (χ1v) is 13.6. The van der Waals surface area contributed by atoms with Crippen molar-refractivity contribution in [3.63, 3.8) is 0 Å². The Labute approximate surface area is 191 Å². The van der Waals surface area contributed by atoms with E-state index in [0.717, 1.165) is 65.4 Å². The highest BCUT2D eigenvalue weighted by molar-refractivity contribution is 7.91. The molecular formula is C24H24N4O2S2. The van der Waals surface area contributed by atoms with Gasteiger partial charge < -0.3 is 4.90 Å². The second-order valence-corrected chi connectivity index (χ2v) is 11.9. The van der Waals surface area contributed by atoms with Gasteiger partial charge in [0, 0.05) is 43.2 Å². The molecule has 164 valence electrons. The molecule has 6 rings (SSSR count). The van der Waals surface area contributed by atoms with E-state index in [0.29, 0.717) is 11.5 Å². The standard InChI is InChI=1S/C24H24N4O2S2/c29-32(30)14-9-17(16-32)27-10-12-28(13-11-27)23-15-19(18-5-1-2-6-20(18)25-23)24-26-21-7-3-4-8-22(21)31-24/h1-8,15,17H,9-14,16H2. The summed E-state index contributed by atoms with van der Waals surface area (Å²) < 4.78 is 24.9. The van der Waals surface area contributed by atoms with Gasteiger partial charge in [-0.25, -0.2) is 18.4 Å². The first-order chi connectivity index (χ1) is 15.6. The van der Waals surface area contributed by atoms with Crippen LogP contribution in [-0.2, 0) is 9.84 Å². The molecule has 2 aromatic heterocycles. The van der Waals surface area contributed by atoms with E-state index in [4.69, 9.17) is 9.97 Å². The minimum absolute atomic E-state index is 0.171. The molecule has 4 aromatic rings. The molecule has 2 aliphatic rings. The van der Waals surface area contributed by atoms with Crippen LogP contribution in [0.15, 0.2) is 54.6 Å². The van der Waals surface area contributed by atoms with Gasteiger partial charge in [0.05, 0.1) is 27.2 Å². The maximum Gasteiger partial charge on any atom is 0.151 e. The number of anilines is 1. The predicted molar refractivity (Wildman–Crippen MR) is 131 cm³/mol. The molecule has 0 radical (unpaired) electrons. The Morgan fingerprint density at radius 1 is 0.906 bits per heavy atom. The molecule has 2 aliphatic heterocycles. The van der Waals surface area contributed by atoms with E-state index in [1.807, 2.05) is 12.1 Å². The Morgan fingerprint density at radius 2 is 1.66 bits per heavy atom. The molecule has 0 amide bonds. The van der Waals surface area contributed by atoms with Gasteiger partial charge in [-0.1, -0.05) is 30.3 Å². The molecule has 2 saturated heterocycles. The van der Waals surface area contributed by atoms with Crippen LogP contribution in [0.5, 0.6) is 0 Å². The number of aromatic nitrogens is 2. The number of fused-ring (bicyclic) bond motifs is 2. The van der Waals surface area contributed by atoms with Gasteiger partial charge in [0.15, 0.2) is 9.84 Å². The Bertz CT molecular complexity index is 1380. The van der Waals surface area contributed by atoms with Gasteiger partial charge in [-0.3, -0.25) is 4.90 Å². The second kappa shape index (κ2) is 7.79. The number of hydrogen-bond acceptors (Lipinski definition) is 7. The number of pyridine rings is 1. The van der Waals surface area contributed by atoms with Crippen LogP contribution in [-0.4, -0.2) is 67.0 Å². The number of rotatable bonds is 3. The average Bonchev–Trinajstić information content (AvgIpc) is 3.41. The highest BCUT2D eigenvalue weighted by Crippen LogP contribution is 2.36. The minimum atomic E-state index is -2.86. The zero-order valence-electron chi connectivity index (χ0n) is 17.6. The van der Waals surface area contributed by atoms with Gasteiger partial charge in [-0.15, -0.1) is 11.3 Å². The summed E-state index contributed by atoms with van der Waals surface area (Å²) in [6.07, 6.45) is 0.762. The molecule has 0 N–H and O–H groups in total. The van der Waals surface area contributed by atoms with Gasteiger partial charge in [0.1, 0.15) is 10.8 Å². The molecule has 4 heterocycles. The van der Waals surface area contributed by atoms with Crippen LogP contribution < -0.4 is 4.90 Å². The largest absolute Gasteiger partial charge is 0.354 e. The maximum absolute atomic E-state index is 11.9. The van der Waals surface area contributed by atoms with Crippen molar-refractivity contribution in [2.24, 2.45) is 0 Å². The summed E-state index contributed by atoms with van der Waals surface area (Å²) in [5.41, 5.74) is 3.12. The van der Waals surface area contributed by atoms with E-state index in [9.17, 15) is 8.42 Å². The van der Waals surface area contributed by atoms with E-state index >= 15 is 0 Å². The van der Waals surface area contributed by atoms with Crippen LogP contribution >= 0.6 is 11.3 Å². The number of para-hydroxylation sites is 2. The molecule has 0 saturated carbocycles. The summed E-state index contributed by atoms with van der Waals surface area (Å²) in [7, 11) is -2.86. The van der Waals surface area contributed by atoms with Crippen molar-refractivity contribution in [1.82, 2.24) is 14.9 Å². The second-order valence-electron chi connectivity index (χ2n) is 8.61. The Kier molecular flexibility index (Phi) is 4.89. The van der Waals surface area contributed by atoms with E-state index < -0.39 is 9.84 Å². The summed E-state index contributed by atoms with van der Waals surface area (Å²) in [5.74, 6) is 1.61. The van der Waals surface area contributed by atoms with Crippen molar-refractivity contribution in [2.45, 2.75) is 12.5 Å². The van der Waals surface area contributed by atoms with Gasteiger partial charge in [0.25, 0.3) is 0 Å². The molecule has 8 heteroatoms. The van der Waals surface area contributed by atoms with Gasteiger partial charge in [-0.2, -0.15) is 0 Å². The highest BCUT2D eigenvalue weighted by atomic mass is 32.2. The topological polar surface area (TPSA) is 66.4 Å². The smallest absolute Gasteiger partial charge is 0.151 e. The van der Waals surface area contributed by atoms with Crippen molar-refractivity contribution < 1.29 is 8.42 Å². The van der Waals surface area contributed by atoms with Crippen LogP contribution in [0.4, 0.5) is 5.82 Å². The zero-order chi connectivity index (χ0) is 21.7. The molecule has 2 aromatic carbocycles. The van der Waals surface area contributed by atoms with Crippen LogP contribution in [0.25, 0.3) is 31.7 Å². The molecule has 1 unspecified atom stereocenters. The monoisotopic (exact) mass is 464 g/mol. The summed E-state index contributed by atoms with van der Waals surface area (Å²) in [4.78, 5) is 14.5. The van der Waals surface area contributed by atoms with Crippen LogP contribution in [0.3, 0.4) is 0 Å². The van der Waals surface area contributed by atoms with E-state index in [1.165, 1.54) is 4.70 Å². The van der Waals surface area contributed by atoms with Gasteiger partial charge in [-0.05, 0) is 30.7 Å². The van der Waals surface area contributed by atoms with Crippen LogP contribution in [0, 0.1) is 0 Å². The Balaban J connectivity index is 1.32. The number of benzene rings is 2. The molecule has 32 heavy (non-hydrogen) atoms. The highest BCUT2D eigenvalue weighted by Gasteiger charge is 2.34. The molecule has 0 spiro atoms. The first-order valence-electron chi connectivity index (χ1n) is 11.0. The fourth-order valence-electron chi connectivity index (χ4n) is 4.87. The summed E-state index contributed by atoms with van der Waals surface area (Å²) in [6, 6.07) is 18.9. The van der Waals surface area contributed by atoms with Crippen molar-refractivity contribution in [2.75, 3.05) is 42.6 Å². The SMILES string of the molecule is O=S1(=O)CCC(N2CCN(c3cc(-c4nc5ccccc5s4)c4ccccc4n3)CC2)C1. The lowest BCUT2D eigenvalue weighted by Gasteiger charge is -2.38. The number of piperazine rings is 1. The van der Waals surface area contributed by atoms with Gasteiger partial charge >= 0.3 is 0 Å². The number of sulfone groups is 1. The normalized spacial score (nSPS) is 21.5. The summed E-state index contributed by atoms with van der Waals surface area (Å²) >= 11 is 1.72.